The number of halogens is 1. The minimum atomic E-state index is -4.08. The van der Waals surface area contributed by atoms with Crippen molar-refractivity contribution in [3.8, 4) is 0 Å². The van der Waals surface area contributed by atoms with E-state index in [1.54, 1.807) is 0 Å². The van der Waals surface area contributed by atoms with Crippen LogP contribution >= 0.6 is 12.4 Å². The second-order valence-corrected chi connectivity index (χ2v) is 4.98. The molecule has 6 nitrogen and oxygen atoms in total. The molecule has 0 spiro atoms. The number of anilines is 2. The average molecular weight is 318 g/mol. The number of rotatable bonds is 2. The third-order valence-electron chi connectivity index (χ3n) is 2.12. The third-order valence-corrected chi connectivity index (χ3v) is 2.99. The summed E-state index contributed by atoms with van der Waals surface area (Å²) in [5, 5.41) is 0. The topological polar surface area (TPSA) is 118 Å². The molecule has 0 amide bonds. The summed E-state index contributed by atoms with van der Waals surface area (Å²) in [5.41, 5.74) is 9.21. The van der Waals surface area contributed by atoms with Crippen LogP contribution in [-0.2, 0) is 10.1 Å². The van der Waals surface area contributed by atoms with E-state index in [0.29, 0.717) is 5.69 Å². The molecule has 0 heterocycles. The molecule has 0 atom stereocenters. The lowest BCUT2D eigenvalue weighted by Gasteiger charge is -1.95. The molecule has 0 aliphatic carbocycles. The molecule has 6 N–H and O–H groups in total. The molecule has 2 aromatic carbocycles. The molecule has 0 aliphatic heterocycles. The monoisotopic (exact) mass is 317 g/mol. The van der Waals surface area contributed by atoms with Gasteiger partial charge in [0.1, 0.15) is 0 Å². The van der Waals surface area contributed by atoms with Crippen molar-refractivity contribution in [2.24, 2.45) is 5.84 Å². The van der Waals surface area contributed by atoms with E-state index in [9.17, 15) is 8.42 Å². The lowest BCUT2D eigenvalue weighted by molar-refractivity contribution is 0.483. The minimum Gasteiger partial charge on any atom is -0.399 e. The summed E-state index contributed by atoms with van der Waals surface area (Å²) in [6, 6.07) is 14.9. The van der Waals surface area contributed by atoms with E-state index in [1.807, 2.05) is 30.3 Å². The number of benzene rings is 2. The van der Waals surface area contributed by atoms with Gasteiger partial charge in [0.05, 0.1) is 4.90 Å². The molecule has 0 bridgehead atoms. The second-order valence-electron chi connectivity index (χ2n) is 3.55. The van der Waals surface area contributed by atoms with Gasteiger partial charge < -0.3 is 11.2 Å². The summed E-state index contributed by atoms with van der Waals surface area (Å²) < 4.78 is 29.4. The number of nitrogen functional groups attached to an aromatic ring is 2. The summed E-state index contributed by atoms with van der Waals surface area (Å²) in [5.74, 6) is 5.10. The Labute approximate surface area is 123 Å². The number of hydrazine groups is 1. The molecule has 0 radical (unpaired) electrons. The number of nitrogens with two attached hydrogens (primary N) is 2. The van der Waals surface area contributed by atoms with Crippen molar-refractivity contribution >= 4 is 33.9 Å². The van der Waals surface area contributed by atoms with Gasteiger partial charge in [0.15, 0.2) is 0 Å². The highest BCUT2D eigenvalue weighted by Gasteiger charge is 2.06. The molecule has 110 valence electrons. The first kappa shape index (κ1) is 18.2. The van der Waals surface area contributed by atoms with Gasteiger partial charge in [-0.1, -0.05) is 18.2 Å². The maximum absolute atomic E-state index is 10.5. The standard InChI is InChI=1S/C6H8N2.C6H7NO3S.ClH/c7-8-6-4-2-1-3-5-6;7-5-1-3-6(4-2-5)11(8,9)10;/h1-5,8H,7H2;1-4H,7H2,(H,8,9,10);1H. The van der Waals surface area contributed by atoms with Gasteiger partial charge in [-0.05, 0) is 36.4 Å². The molecule has 0 fully saturated rings. The van der Waals surface area contributed by atoms with Crippen molar-refractivity contribution in [1.82, 2.24) is 0 Å². The zero-order valence-electron chi connectivity index (χ0n) is 10.4. The summed E-state index contributed by atoms with van der Waals surface area (Å²) >= 11 is 0. The Kier molecular flexibility index (Phi) is 7.63. The summed E-state index contributed by atoms with van der Waals surface area (Å²) in [6.07, 6.45) is 0. The van der Waals surface area contributed by atoms with Crippen molar-refractivity contribution in [2.45, 2.75) is 4.90 Å². The van der Waals surface area contributed by atoms with Crippen LogP contribution in [0.15, 0.2) is 59.5 Å². The average Bonchev–Trinajstić information content (AvgIpc) is 2.40. The molecule has 0 saturated carbocycles. The van der Waals surface area contributed by atoms with E-state index < -0.39 is 10.1 Å². The van der Waals surface area contributed by atoms with E-state index in [4.69, 9.17) is 16.1 Å². The molecular weight excluding hydrogens is 302 g/mol. The fraction of sp³-hybridized carbons (Fsp3) is 0. The molecule has 0 aliphatic rings. The maximum Gasteiger partial charge on any atom is 0.294 e. The van der Waals surface area contributed by atoms with Crippen molar-refractivity contribution in [3.05, 3.63) is 54.6 Å². The quantitative estimate of drug-likeness (QED) is 0.291. The van der Waals surface area contributed by atoms with Crippen molar-refractivity contribution in [3.63, 3.8) is 0 Å². The van der Waals surface area contributed by atoms with Gasteiger partial charge in [-0.3, -0.25) is 10.4 Å². The Hall–Kier alpha value is -1.80. The lowest BCUT2D eigenvalue weighted by atomic mass is 10.3. The molecular formula is C12H16ClN3O3S. The molecule has 0 aromatic heterocycles. The van der Waals surface area contributed by atoms with Gasteiger partial charge in [0.25, 0.3) is 10.1 Å². The van der Waals surface area contributed by atoms with Gasteiger partial charge in [0.2, 0.25) is 0 Å². The highest BCUT2D eigenvalue weighted by atomic mass is 35.5. The molecule has 8 heteroatoms. The molecule has 2 aromatic rings. The van der Waals surface area contributed by atoms with Crippen LogP contribution in [0.5, 0.6) is 0 Å². The van der Waals surface area contributed by atoms with Crippen LogP contribution in [0.2, 0.25) is 0 Å². The maximum atomic E-state index is 10.5. The smallest absolute Gasteiger partial charge is 0.294 e. The fourth-order valence-corrected chi connectivity index (χ4v) is 1.65. The fourth-order valence-electron chi connectivity index (χ4n) is 1.17. The van der Waals surface area contributed by atoms with E-state index in [1.165, 1.54) is 24.3 Å². The van der Waals surface area contributed by atoms with Crippen molar-refractivity contribution in [2.75, 3.05) is 11.2 Å². The highest BCUT2D eigenvalue weighted by Crippen LogP contribution is 2.10. The van der Waals surface area contributed by atoms with Crippen LogP contribution in [-0.4, -0.2) is 13.0 Å². The Morgan fingerprint density at radius 3 is 1.80 bits per heavy atom. The lowest BCUT2D eigenvalue weighted by Crippen LogP contribution is -2.05. The first-order valence-corrected chi connectivity index (χ1v) is 6.72. The van der Waals surface area contributed by atoms with Crippen LogP contribution in [0.3, 0.4) is 0 Å². The number of hydrogen-bond acceptors (Lipinski definition) is 5. The van der Waals surface area contributed by atoms with Gasteiger partial charge in [0, 0.05) is 11.4 Å². The van der Waals surface area contributed by atoms with Gasteiger partial charge in [-0.25, -0.2) is 0 Å². The van der Waals surface area contributed by atoms with Gasteiger partial charge in [-0.2, -0.15) is 8.42 Å². The molecule has 0 saturated heterocycles. The van der Waals surface area contributed by atoms with Gasteiger partial charge >= 0.3 is 0 Å². The van der Waals surface area contributed by atoms with E-state index in [0.717, 1.165) is 5.69 Å². The zero-order valence-corrected chi connectivity index (χ0v) is 12.1. The SMILES string of the molecule is Cl.NNc1ccccc1.Nc1ccc(S(=O)(=O)O)cc1. The third kappa shape index (κ3) is 6.39. The Bertz CT molecular complexity index is 604. The Morgan fingerprint density at radius 2 is 1.45 bits per heavy atom. The zero-order chi connectivity index (χ0) is 14.3. The van der Waals surface area contributed by atoms with Crippen LogP contribution < -0.4 is 17.0 Å². The molecule has 0 unspecified atom stereocenters. The predicted octanol–water partition coefficient (Wildman–Crippen LogP) is 1.91. The highest BCUT2D eigenvalue weighted by molar-refractivity contribution is 7.85. The summed E-state index contributed by atoms with van der Waals surface area (Å²) in [4.78, 5) is -0.147. The summed E-state index contributed by atoms with van der Waals surface area (Å²) in [6.45, 7) is 0. The largest absolute Gasteiger partial charge is 0.399 e. The van der Waals surface area contributed by atoms with Crippen LogP contribution in [0, 0.1) is 0 Å². The van der Waals surface area contributed by atoms with Crippen LogP contribution in [0.25, 0.3) is 0 Å². The minimum absolute atomic E-state index is 0. The first-order chi connectivity index (χ1) is 8.93. The van der Waals surface area contributed by atoms with E-state index in [-0.39, 0.29) is 17.3 Å². The van der Waals surface area contributed by atoms with Gasteiger partial charge in [-0.15, -0.1) is 12.4 Å². The number of nitrogens with one attached hydrogen (secondary N) is 1. The normalized spacial score (nSPS) is 9.70. The predicted molar refractivity (Wildman–Crippen MR) is 82.2 cm³/mol. The van der Waals surface area contributed by atoms with Crippen molar-refractivity contribution < 1.29 is 13.0 Å². The number of hydrogen-bond donors (Lipinski definition) is 4. The molecule has 2 rings (SSSR count). The van der Waals surface area contributed by atoms with E-state index in [2.05, 4.69) is 5.43 Å². The van der Waals surface area contributed by atoms with E-state index >= 15 is 0 Å². The molecule has 20 heavy (non-hydrogen) atoms. The number of para-hydroxylation sites is 1. The van der Waals surface area contributed by atoms with Crippen LogP contribution in [0.1, 0.15) is 0 Å². The second kappa shape index (κ2) is 8.39. The first-order valence-electron chi connectivity index (χ1n) is 5.28. The summed E-state index contributed by atoms with van der Waals surface area (Å²) in [7, 11) is -4.08. The van der Waals surface area contributed by atoms with Crippen LogP contribution in [0.4, 0.5) is 11.4 Å². The Morgan fingerprint density at radius 1 is 0.950 bits per heavy atom. The van der Waals surface area contributed by atoms with Crippen molar-refractivity contribution in [1.29, 1.82) is 0 Å². The Balaban J connectivity index is 0.000000359.